The van der Waals surface area contributed by atoms with Crippen molar-refractivity contribution in [2.75, 3.05) is 5.32 Å². The first-order chi connectivity index (χ1) is 14.1. The lowest BCUT2D eigenvalue weighted by Crippen LogP contribution is -2.19. The van der Waals surface area contributed by atoms with Crippen molar-refractivity contribution in [2.45, 2.75) is 17.4 Å². The van der Waals surface area contributed by atoms with E-state index >= 15 is 0 Å². The number of anilines is 1. The Morgan fingerprint density at radius 1 is 1.14 bits per heavy atom. The molecule has 0 bridgehead atoms. The Labute approximate surface area is 170 Å². The van der Waals surface area contributed by atoms with Gasteiger partial charge in [-0.1, -0.05) is 35.5 Å². The van der Waals surface area contributed by atoms with Gasteiger partial charge in [-0.3, -0.25) is 4.79 Å². The summed E-state index contributed by atoms with van der Waals surface area (Å²) in [6.45, 7) is 1.75. The van der Waals surface area contributed by atoms with Crippen LogP contribution in [0.3, 0.4) is 0 Å². The maximum atomic E-state index is 13.1. The fraction of sp³-hybridized carbons (Fsp3) is 0.0952. The first-order valence-electron chi connectivity index (χ1n) is 8.76. The minimum atomic E-state index is -0.618. The van der Waals surface area contributed by atoms with Gasteiger partial charge in [0.15, 0.2) is 11.6 Å². The number of oxazole rings is 1. The second-order valence-corrected chi connectivity index (χ2v) is 7.27. The van der Waals surface area contributed by atoms with Gasteiger partial charge in [0.05, 0.1) is 6.20 Å². The highest BCUT2D eigenvalue weighted by Gasteiger charge is 2.25. The van der Waals surface area contributed by atoms with Crippen molar-refractivity contribution in [3.8, 4) is 11.3 Å². The number of halogens is 1. The normalized spacial score (nSPS) is 11.9. The Kier molecular flexibility index (Phi) is 5.44. The number of rotatable bonds is 6. The molecule has 4 aromatic rings. The van der Waals surface area contributed by atoms with Crippen LogP contribution in [-0.2, 0) is 4.79 Å². The summed E-state index contributed by atoms with van der Waals surface area (Å²) in [7, 11) is 0. The number of aryl methyl sites for hydroxylation is 1. The van der Waals surface area contributed by atoms with Crippen LogP contribution < -0.4 is 5.32 Å². The quantitative estimate of drug-likeness (QED) is 0.438. The monoisotopic (exact) mass is 409 g/mol. The summed E-state index contributed by atoms with van der Waals surface area (Å²) >= 11 is 1.17. The molecule has 6 nitrogen and oxygen atoms in total. The average molecular weight is 409 g/mol. The van der Waals surface area contributed by atoms with Crippen LogP contribution in [0, 0.1) is 12.7 Å². The molecule has 0 aliphatic heterocycles. The molecule has 1 unspecified atom stereocenters. The number of hydrogen-bond acceptors (Lipinski definition) is 6. The van der Waals surface area contributed by atoms with Crippen LogP contribution in [0.15, 0.2) is 81.0 Å². The SMILES string of the molecule is Cc1cc(NC(=O)C(Sc2ncc(-c3ccc(F)cc3)o2)c2ccccc2)no1. The van der Waals surface area contributed by atoms with Gasteiger partial charge in [-0.25, -0.2) is 9.37 Å². The third kappa shape index (κ3) is 4.55. The van der Waals surface area contributed by atoms with Gasteiger partial charge in [0.2, 0.25) is 5.91 Å². The van der Waals surface area contributed by atoms with Crippen molar-refractivity contribution in [1.82, 2.24) is 10.1 Å². The molecule has 1 N–H and O–H groups in total. The highest BCUT2D eigenvalue weighted by atomic mass is 32.2. The number of amides is 1. The summed E-state index contributed by atoms with van der Waals surface area (Å²) in [5.74, 6) is 0.823. The van der Waals surface area contributed by atoms with Gasteiger partial charge in [0.1, 0.15) is 16.8 Å². The van der Waals surface area contributed by atoms with Gasteiger partial charge < -0.3 is 14.3 Å². The minimum Gasteiger partial charge on any atom is -0.431 e. The second-order valence-electron chi connectivity index (χ2n) is 6.22. The van der Waals surface area contributed by atoms with Crippen molar-refractivity contribution >= 4 is 23.5 Å². The topological polar surface area (TPSA) is 81.2 Å². The molecule has 1 atom stereocenters. The summed E-state index contributed by atoms with van der Waals surface area (Å²) in [5, 5.41) is 6.26. The molecule has 2 heterocycles. The lowest BCUT2D eigenvalue weighted by atomic mass is 10.1. The summed E-state index contributed by atoms with van der Waals surface area (Å²) in [6.07, 6.45) is 1.55. The van der Waals surface area contributed by atoms with E-state index in [1.54, 1.807) is 31.3 Å². The van der Waals surface area contributed by atoms with Crippen LogP contribution in [0.2, 0.25) is 0 Å². The molecule has 29 heavy (non-hydrogen) atoms. The largest absolute Gasteiger partial charge is 0.431 e. The number of thioether (sulfide) groups is 1. The Hall–Kier alpha value is -3.39. The molecule has 0 aliphatic carbocycles. The van der Waals surface area contributed by atoms with Crippen LogP contribution in [0.1, 0.15) is 16.6 Å². The van der Waals surface area contributed by atoms with E-state index < -0.39 is 5.25 Å². The van der Waals surface area contributed by atoms with E-state index in [4.69, 9.17) is 8.94 Å². The van der Waals surface area contributed by atoms with E-state index in [0.29, 0.717) is 28.1 Å². The van der Waals surface area contributed by atoms with E-state index in [0.717, 1.165) is 5.56 Å². The zero-order valence-corrected chi connectivity index (χ0v) is 16.2. The van der Waals surface area contributed by atoms with Crippen molar-refractivity contribution in [2.24, 2.45) is 0 Å². The molecule has 0 saturated carbocycles. The number of hydrogen-bond donors (Lipinski definition) is 1. The summed E-state index contributed by atoms with van der Waals surface area (Å²) in [5.41, 5.74) is 1.49. The Balaban J connectivity index is 1.57. The molecule has 8 heteroatoms. The second kappa shape index (κ2) is 8.32. The summed E-state index contributed by atoms with van der Waals surface area (Å²) < 4.78 is 23.9. The van der Waals surface area contributed by atoms with Crippen LogP contribution in [0.4, 0.5) is 10.2 Å². The maximum absolute atomic E-state index is 13.1. The number of carbonyl (C=O) groups excluding carboxylic acids is 1. The zero-order valence-electron chi connectivity index (χ0n) is 15.3. The zero-order chi connectivity index (χ0) is 20.2. The predicted octanol–water partition coefficient (Wildman–Crippen LogP) is 5.25. The van der Waals surface area contributed by atoms with Gasteiger partial charge in [0, 0.05) is 11.6 Å². The molecular weight excluding hydrogens is 393 g/mol. The van der Waals surface area contributed by atoms with Crippen LogP contribution >= 0.6 is 11.8 Å². The van der Waals surface area contributed by atoms with Crippen molar-refractivity contribution in [3.63, 3.8) is 0 Å². The van der Waals surface area contributed by atoms with Gasteiger partial charge in [0.25, 0.3) is 5.22 Å². The van der Waals surface area contributed by atoms with E-state index in [-0.39, 0.29) is 11.7 Å². The molecule has 0 spiro atoms. The molecule has 2 aromatic carbocycles. The average Bonchev–Trinajstić information content (AvgIpc) is 3.36. The minimum absolute atomic E-state index is 0.281. The van der Waals surface area contributed by atoms with E-state index in [1.807, 2.05) is 30.3 Å². The van der Waals surface area contributed by atoms with Crippen molar-refractivity contribution < 1.29 is 18.1 Å². The van der Waals surface area contributed by atoms with Gasteiger partial charge in [-0.05, 0) is 48.5 Å². The number of carbonyl (C=O) groups is 1. The first kappa shape index (κ1) is 18.9. The molecular formula is C21H16FN3O3S. The maximum Gasteiger partial charge on any atom is 0.257 e. The van der Waals surface area contributed by atoms with Crippen LogP contribution in [0.25, 0.3) is 11.3 Å². The third-order valence-electron chi connectivity index (χ3n) is 4.05. The highest BCUT2D eigenvalue weighted by molar-refractivity contribution is 8.00. The number of benzene rings is 2. The predicted molar refractivity (Wildman–Crippen MR) is 107 cm³/mol. The number of nitrogens with one attached hydrogen (secondary N) is 1. The van der Waals surface area contributed by atoms with Gasteiger partial charge in [-0.15, -0.1) is 0 Å². The molecule has 0 aliphatic rings. The fourth-order valence-corrected chi connectivity index (χ4v) is 3.59. The first-order valence-corrected chi connectivity index (χ1v) is 9.64. The smallest absolute Gasteiger partial charge is 0.257 e. The number of nitrogens with zero attached hydrogens (tertiary/aromatic N) is 2. The molecule has 0 saturated heterocycles. The van der Waals surface area contributed by atoms with Gasteiger partial charge in [-0.2, -0.15) is 0 Å². The van der Waals surface area contributed by atoms with E-state index in [1.165, 1.54) is 23.9 Å². The fourth-order valence-electron chi connectivity index (χ4n) is 2.68. The van der Waals surface area contributed by atoms with Gasteiger partial charge >= 0.3 is 0 Å². The summed E-state index contributed by atoms with van der Waals surface area (Å²) in [4.78, 5) is 17.2. The molecule has 0 radical (unpaired) electrons. The van der Waals surface area contributed by atoms with Crippen LogP contribution in [-0.4, -0.2) is 16.0 Å². The molecule has 1 amide bonds. The van der Waals surface area contributed by atoms with Crippen molar-refractivity contribution in [1.29, 1.82) is 0 Å². The summed E-state index contributed by atoms with van der Waals surface area (Å²) in [6, 6.07) is 16.9. The van der Waals surface area contributed by atoms with E-state index in [9.17, 15) is 9.18 Å². The molecule has 146 valence electrons. The van der Waals surface area contributed by atoms with Crippen molar-refractivity contribution in [3.05, 3.63) is 84.0 Å². The highest BCUT2D eigenvalue weighted by Crippen LogP contribution is 2.37. The number of aromatic nitrogens is 2. The Morgan fingerprint density at radius 3 is 2.59 bits per heavy atom. The van der Waals surface area contributed by atoms with Crippen LogP contribution in [0.5, 0.6) is 0 Å². The Morgan fingerprint density at radius 2 is 1.90 bits per heavy atom. The lowest BCUT2D eigenvalue weighted by Gasteiger charge is -2.14. The third-order valence-corrected chi connectivity index (χ3v) is 5.16. The lowest BCUT2D eigenvalue weighted by molar-refractivity contribution is -0.115. The Bertz CT molecular complexity index is 1110. The molecule has 0 fully saturated rings. The standard InChI is InChI=1S/C21H16FN3O3S/c1-13-11-18(25-28-13)24-20(26)19(15-5-3-2-4-6-15)29-21-23-12-17(27-21)14-7-9-16(22)10-8-14/h2-12,19H,1H3,(H,24,25,26). The molecule has 2 aromatic heterocycles. The molecule has 4 rings (SSSR count). The van der Waals surface area contributed by atoms with E-state index in [2.05, 4.69) is 15.5 Å².